The van der Waals surface area contributed by atoms with Crippen LogP contribution in [-0.4, -0.2) is 31.4 Å². The Labute approximate surface area is 134 Å². The van der Waals surface area contributed by atoms with Crippen molar-refractivity contribution in [3.63, 3.8) is 0 Å². The first kappa shape index (κ1) is 14.8. The van der Waals surface area contributed by atoms with Gasteiger partial charge in [-0.25, -0.2) is 4.98 Å². The molecule has 1 fully saturated rings. The van der Waals surface area contributed by atoms with Crippen molar-refractivity contribution in [3.8, 4) is 5.75 Å². The highest BCUT2D eigenvalue weighted by Crippen LogP contribution is 2.31. The normalized spacial score (nSPS) is 14.7. The van der Waals surface area contributed by atoms with Crippen molar-refractivity contribution in [1.82, 2.24) is 4.98 Å². The van der Waals surface area contributed by atoms with Gasteiger partial charge < -0.3 is 9.64 Å². The Kier molecular flexibility index (Phi) is 4.58. The highest BCUT2D eigenvalue weighted by atomic mass is 32.1. The van der Waals surface area contributed by atoms with E-state index < -0.39 is 0 Å². The van der Waals surface area contributed by atoms with E-state index in [2.05, 4.69) is 32.5 Å². The molecular formula is C16H20N4OS. The number of hydrogen-bond acceptors (Lipinski definition) is 6. The number of methoxy groups -OCH3 is 1. The van der Waals surface area contributed by atoms with Crippen LogP contribution in [0.25, 0.3) is 0 Å². The number of rotatable bonds is 5. The van der Waals surface area contributed by atoms with Gasteiger partial charge in [0.05, 0.1) is 24.7 Å². The second kappa shape index (κ2) is 6.79. The number of hydrazone groups is 1. The molecule has 1 aromatic carbocycles. The van der Waals surface area contributed by atoms with Crippen LogP contribution in [0.4, 0.5) is 10.8 Å². The average Bonchev–Trinajstić information content (AvgIpc) is 3.19. The van der Waals surface area contributed by atoms with Crippen LogP contribution in [-0.2, 0) is 0 Å². The molecule has 1 aliphatic heterocycles. The Morgan fingerprint density at radius 2 is 2.18 bits per heavy atom. The zero-order valence-corrected chi connectivity index (χ0v) is 13.7. The predicted molar refractivity (Wildman–Crippen MR) is 92.5 cm³/mol. The van der Waals surface area contributed by atoms with Crippen molar-refractivity contribution in [1.29, 1.82) is 0 Å². The fourth-order valence-electron chi connectivity index (χ4n) is 2.56. The van der Waals surface area contributed by atoms with Crippen LogP contribution in [0.3, 0.4) is 0 Å². The molecule has 1 saturated heterocycles. The minimum atomic E-state index is 0.800. The van der Waals surface area contributed by atoms with Crippen LogP contribution in [0.1, 0.15) is 24.1 Å². The number of benzene rings is 1. The van der Waals surface area contributed by atoms with E-state index in [1.54, 1.807) is 24.7 Å². The lowest BCUT2D eigenvalue weighted by molar-refractivity contribution is 0.415. The maximum Gasteiger partial charge on any atom is 0.203 e. The van der Waals surface area contributed by atoms with Crippen molar-refractivity contribution in [3.05, 3.63) is 34.8 Å². The monoisotopic (exact) mass is 316 g/mol. The van der Waals surface area contributed by atoms with Crippen LogP contribution in [0, 0.1) is 6.92 Å². The van der Waals surface area contributed by atoms with Gasteiger partial charge in [-0.15, -0.1) is 11.3 Å². The molecule has 1 aromatic heterocycles. The Morgan fingerprint density at radius 1 is 1.36 bits per heavy atom. The molecule has 2 heterocycles. The number of aromatic nitrogens is 1. The molecule has 0 spiro atoms. The van der Waals surface area contributed by atoms with E-state index in [4.69, 9.17) is 4.74 Å². The number of thiazole rings is 1. The van der Waals surface area contributed by atoms with Crippen LogP contribution >= 0.6 is 11.3 Å². The summed E-state index contributed by atoms with van der Waals surface area (Å²) >= 11 is 1.54. The van der Waals surface area contributed by atoms with E-state index in [0.29, 0.717) is 0 Å². The lowest BCUT2D eigenvalue weighted by Gasteiger charge is -2.20. The highest BCUT2D eigenvalue weighted by Gasteiger charge is 2.16. The molecule has 2 aromatic rings. The van der Waals surface area contributed by atoms with Gasteiger partial charge in [-0.1, -0.05) is 6.07 Å². The molecule has 0 bridgehead atoms. The SMILES string of the molecule is COc1cc(C=NNc2nc(C)cs2)ccc1N1CCCC1. The summed E-state index contributed by atoms with van der Waals surface area (Å²) in [5.41, 5.74) is 6.11. The minimum Gasteiger partial charge on any atom is -0.495 e. The molecule has 3 rings (SSSR count). The van der Waals surface area contributed by atoms with Gasteiger partial charge in [0.25, 0.3) is 0 Å². The third-order valence-corrected chi connectivity index (χ3v) is 4.51. The van der Waals surface area contributed by atoms with Crippen LogP contribution < -0.4 is 15.1 Å². The molecule has 116 valence electrons. The summed E-state index contributed by atoms with van der Waals surface area (Å²) in [5.74, 6) is 0.899. The summed E-state index contributed by atoms with van der Waals surface area (Å²) in [6.07, 6.45) is 4.29. The fourth-order valence-corrected chi connectivity index (χ4v) is 3.20. The zero-order valence-electron chi connectivity index (χ0n) is 12.9. The van der Waals surface area contributed by atoms with Gasteiger partial charge in [-0.2, -0.15) is 5.10 Å². The summed E-state index contributed by atoms with van der Waals surface area (Å²) in [5, 5.41) is 7.02. The third-order valence-electron chi connectivity index (χ3n) is 3.64. The smallest absolute Gasteiger partial charge is 0.203 e. The van der Waals surface area contributed by atoms with E-state index in [-0.39, 0.29) is 0 Å². The van der Waals surface area contributed by atoms with Crippen molar-refractivity contribution in [2.45, 2.75) is 19.8 Å². The van der Waals surface area contributed by atoms with Gasteiger partial charge in [0.1, 0.15) is 5.75 Å². The van der Waals surface area contributed by atoms with Crippen molar-refractivity contribution < 1.29 is 4.74 Å². The second-order valence-corrected chi connectivity index (χ2v) is 6.15. The van der Waals surface area contributed by atoms with Crippen LogP contribution in [0.5, 0.6) is 5.75 Å². The van der Waals surface area contributed by atoms with Gasteiger partial charge in [-0.05, 0) is 37.5 Å². The first-order valence-electron chi connectivity index (χ1n) is 7.40. The van der Waals surface area contributed by atoms with Gasteiger partial charge >= 0.3 is 0 Å². The number of aryl methyl sites for hydroxylation is 1. The highest BCUT2D eigenvalue weighted by molar-refractivity contribution is 7.13. The maximum absolute atomic E-state index is 5.53. The average molecular weight is 316 g/mol. The van der Waals surface area contributed by atoms with Crippen molar-refractivity contribution in [2.24, 2.45) is 5.10 Å². The molecule has 0 saturated carbocycles. The minimum absolute atomic E-state index is 0.800. The van der Waals surface area contributed by atoms with E-state index in [1.165, 1.54) is 18.5 Å². The van der Waals surface area contributed by atoms with E-state index in [1.807, 2.05) is 18.4 Å². The summed E-state index contributed by atoms with van der Waals surface area (Å²) in [7, 11) is 1.71. The number of ether oxygens (including phenoxy) is 1. The first-order chi connectivity index (χ1) is 10.8. The molecule has 1 N–H and O–H groups in total. The number of nitrogens with zero attached hydrogens (tertiary/aromatic N) is 3. The number of hydrogen-bond donors (Lipinski definition) is 1. The van der Waals surface area contributed by atoms with E-state index >= 15 is 0 Å². The van der Waals surface area contributed by atoms with E-state index in [0.717, 1.165) is 35.2 Å². The number of anilines is 2. The summed E-state index contributed by atoms with van der Waals surface area (Å²) in [6, 6.07) is 6.19. The first-order valence-corrected chi connectivity index (χ1v) is 8.28. The Hall–Kier alpha value is -2.08. The standard InChI is InChI=1S/C16H20N4OS/c1-12-11-22-16(18-12)19-17-10-13-5-6-14(15(9-13)21-2)20-7-3-4-8-20/h5-6,9-11H,3-4,7-8H2,1-2H3,(H,18,19). The molecule has 0 aliphatic carbocycles. The van der Waals surface area contributed by atoms with Gasteiger partial charge in [-0.3, -0.25) is 5.43 Å². The summed E-state index contributed by atoms with van der Waals surface area (Å²) < 4.78 is 5.53. The molecule has 6 heteroatoms. The molecule has 0 radical (unpaired) electrons. The zero-order chi connectivity index (χ0) is 15.4. The summed E-state index contributed by atoms with van der Waals surface area (Å²) in [4.78, 5) is 6.68. The molecule has 0 atom stereocenters. The quantitative estimate of drug-likeness (QED) is 0.677. The molecule has 5 nitrogen and oxygen atoms in total. The van der Waals surface area contributed by atoms with Gasteiger partial charge in [0.2, 0.25) is 5.13 Å². The van der Waals surface area contributed by atoms with Crippen molar-refractivity contribution >= 4 is 28.4 Å². The Morgan fingerprint density at radius 3 is 2.86 bits per heavy atom. The molecule has 0 unspecified atom stereocenters. The predicted octanol–water partition coefficient (Wildman–Crippen LogP) is 3.51. The molecule has 0 amide bonds. The molecule has 1 aliphatic rings. The van der Waals surface area contributed by atoms with E-state index in [9.17, 15) is 0 Å². The molecule has 22 heavy (non-hydrogen) atoms. The van der Waals surface area contributed by atoms with Gasteiger partial charge in [0.15, 0.2) is 0 Å². The summed E-state index contributed by atoms with van der Waals surface area (Å²) in [6.45, 7) is 4.18. The third kappa shape index (κ3) is 3.39. The lowest BCUT2D eigenvalue weighted by atomic mass is 10.2. The van der Waals surface area contributed by atoms with Crippen LogP contribution in [0.15, 0.2) is 28.7 Å². The Balaban J connectivity index is 1.71. The van der Waals surface area contributed by atoms with Gasteiger partial charge in [0, 0.05) is 18.5 Å². The van der Waals surface area contributed by atoms with Crippen LogP contribution in [0.2, 0.25) is 0 Å². The number of nitrogens with one attached hydrogen (secondary N) is 1. The largest absolute Gasteiger partial charge is 0.495 e. The Bertz CT molecular complexity index is 662. The fraction of sp³-hybridized carbons (Fsp3) is 0.375. The molecular weight excluding hydrogens is 296 g/mol. The lowest BCUT2D eigenvalue weighted by Crippen LogP contribution is -2.18. The second-order valence-electron chi connectivity index (χ2n) is 5.29. The maximum atomic E-state index is 5.53. The topological polar surface area (TPSA) is 49.8 Å². The van der Waals surface area contributed by atoms with Crippen molar-refractivity contribution in [2.75, 3.05) is 30.5 Å².